The molecule has 2 amide bonds. The van der Waals surface area contributed by atoms with Gasteiger partial charge in [-0.15, -0.1) is 0 Å². The Morgan fingerprint density at radius 3 is 2.48 bits per heavy atom. The molecule has 1 saturated heterocycles. The SMILES string of the molecule is CC(=O)N1CCc2ccccc2C1CC(=O)N1C[C@@H](CN)[C@H](c2ccccc2)C1. The molecule has 2 aliphatic heterocycles. The molecule has 0 saturated carbocycles. The Hall–Kier alpha value is -2.66. The second-order valence-corrected chi connectivity index (χ2v) is 8.19. The van der Waals surface area contributed by atoms with E-state index in [1.54, 1.807) is 6.92 Å². The summed E-state index contributed by atoms with van der Waals surface area (Å²) in [5, 5.41) is 0. The molecule has 2 aliphatic rings. The Labute approximate surface area is 172 Å². The van der Waals surface area contributed by atoms with Crippen LogP contribution in [0.1, 0.15) is 42.0 Å². The molecule has 152 valence electrons. The van der Waals surface area contributed by atoms with Gasteiger partial charge in [0.2, 0.25) is 11.8 Å². The summed E-state index contributed by atoms with van der Waals surface area (Å²) in [6.07, 6.45) is 1.17. The lowest BCUT2D eigenvalue weighted by Gasteiger charge is -2.37. The van der Waals surface area contributed by atoms with Gasteiger partial charge in [-0.3, -0.25) is 9.59 Å². The van der Waals surface area contributed by atoms with Gasteiger partial charge in [-0.25, -0.2) is 0 Å². The lowest BCUT2D eigenvalue weighted by atomic mass is 9.89. The van der Waals surface area contributed by atoms with Crippen molar-refractivity contribution in [3.8, 4) is 0 Å². The summed E-state index contributed by atoms with van der Waals surface area (Å²) in [7, 11) is 0. The number of likely N-dealkylation sites (tertiary alicyclic amines) is 1. The van der Waals surface area contributed by atoms with E-state index in [2.05, 4.69) is 24.3 Å². The fourth-order valence-electron chi connectivity index (χ4n) is 4.93. The summed E-state index contributed by atoms with van der Waals surface area (Å²) >= 11 is 0. The van der Waals surface area contributed by atoms with Crippen LogP contribution in [-0.4, -0.2) is 47.8 Å². The fraction of sp³-hybridized carbons (Fsp3) is 0.417. The molecule has 5 nitrogen and oxygen atoms in total. The third-order valence-electron chi connectivity index (χ3n) is 6.51. The zero-order valence-electron chi connectivity index (χ0n) is 17.0. The minimum absolute atomic E-state index is 0.0284. The molecule has 1 fully saturated rings. The zero-order valence-corrected chi connectivity index (χ0v) is 17.0. The lowest BCUT2D eigenvalue weighted by Crippen LogP contribution is -2.41. The van der Waals surface area contributed by atoms with Crippen molar-refractivity contribution in [2.45, 2.75) is 31.7 Å². The van der Waals surface area contributed by atoms with Crippen LogP contribution in [0.5, 0.6) is 0 Å². The van der Waals surface area contributed by atoms with Crippen LogP contribution < -0.4 is 5.73 Å². The number of hydrogen-bond acceptors (Lipinski definition) is 3. The van der Waals surface area contributed by atoms with E-state index < -0.39 is 0 Å². The van der Waals surface area contributed by atoms with Crippen molar-refractivity contribution in [3.63, 3.8) is 0 Å². The molecule has 29 heavy (non-hydrogen) atoms. The van der Waals surface area contributed by atoms with E-state index in [0.717, 1.165) is 12.0 Å². The highest BCUT2D eigenvalue weighted by molar-refractivity contribution is 5.80. The predicted octanol–water partition coefficient (Wildman–Crippen LogP) is 2.72. The normalized spacial score (nSPS) is 23.7. The smallest absolute Gasteiger partial charge is 0.225 e. The molecule has 2 heterocycles. The molecule has 4 rings (SSSR count). The van der Waals surface area contributed by atoms with E-state index >= 15 is 0 Å². The van der Waals surface area contributed by atoms with Crippen LogP contribution in [0.4, 0.5) is 0 Å². The molecular weight excluding hydrogens is 362 g/mol. The van der Waals surface area contributed by atoms with Gasteiger partial charge in [0.15, 0.2) is 0 Å². The molecule has 2 aromatic carbocycles. The number of fused-ring (bicyclic) bond motifs is 1. The third kappa shape index (κ3) is 3.92. The van der Waals surface area contributed by atoms with Gasteiger partial charge in [0.25, 0.3) is 0 Å². The highest BCUT2D eigenvalue weighted by Gasteiger charge is 2.38. The topological polar surface area (TPSA) is 66.6 Å². The van der Waals surface area contributed by atoms with Gasteiger partial charge < -0.3 is 15.5 Å². The first-order chi connectivity index (χ1) is 14.1. The second-order valence-electron chi connectivity index (χ2n) is 8.19. The van der Waals surface area contributed by atoms with Crippen LogP contribution in [-0.2, 0) is 16.0 Å². The number of rotatable bonds is 4. The number of carbonyl (C=O) groups excluding carboxylic acids is 2. The standard InChI is InChI=1S/C24H29N3O2/c1-17(28)27-12-11-19-9-5-6-10-21(19)23(27)13-24(29)26-15-20(14-25)22(16-26)18-7-3-2-4-8-18/h2-10,20,22-23H,11-16,25H2,1H3/t20-,22+,23?/m1/s1. The highest BCUT2D eigenvalue weighted by atomic mass is 16.2. The monoisotopic (exact) mass is 391 g/mol. The molecule has 5 heteroatoms. The molecule has 3 atom stereocenters. The molecule has 0 aromatic heterocycles. The molecule has 0 bridgehead atoms. The first-order valence-corrected chi connectivity index (χ1v) is 10.5. The maximum absolute atomic E-state index is 13.3. The Morgan fingerprint density at radius 2 is 1.76 bits per heavy atom. The molecular formula is C24H29N3O2. The quantitative estimate of drug-likeness (QED) is 0.871. The molecule has 0 spiro atoms. The Kier molecular flexibility index (Phi) is 5.67. The van der Waals surface area contributed by atoms with Crippen LogP contribution in [0.3, 0.4) is 0 Å². The van der Waals surface area contributed by atoms with Crippen molar-refractivity contribution < 1.29 is 9.59 Å². The van der Waals surface area contributed by atoms with Gasteiger partial charge in [0, 0.05) is 32.5 Å². The highest BCUT2D eigenvalue weighted by Crippen LogP contribution is 2.36. The first-order valence-electron chi connectivity index (χ1n) is 10.5. The van der Waals surface area contributed by atoms with E-state index in [4.69, 9.17) is 5.73 Å². The summed E-state index contributed by atoms with van der Waals surface area (Å²) in [5.74, 6) is 0.673. The number of carbonyl (C=O) groups is 2. The molecule has 0 aliphatic carbocycles. The van der Waals surface area contributed by atoms with Crippen molar-refractivity contribution in [1.29, 1.82) is 0 Å². The van der Waals surface area contributed by atoms with Crippen molar-refractivity contribution >= 4 is 11.8 Å². The fourth-order valence-corrected chi connectivity index (χ4v) is 4.93. The minimum atomic E-state index is -0.183. The summed E-state index contributed by atoms with van der Waals surface area (Å²) in [6, 6.07) is 18.3. The van der Waals surface area contributed by atoms with Gasteiger partial charge in [-0.05, 0) is 35.6 Å². The Bertz CT molecular complexity index is 883. The van der Waals surface area contributed by atoms with Crippen LogP contribution >= 0.6 is 0 Å². The predicted molar refractivity (Wildman–Crippen MR) is 113 cm³/mol. The second kappa shape index (κ2) is 8.37. The van der Waals surface area contributed by atoms with E-state index in [1.807, 2.05) is 40.1 Å². The van der Waals surface area contributed by atoms with Crippen LogP contribution in [0.25, 0.3) is 0 Å². The average Bonchev–Trinajstić information content (AvgIpc) is 3.19. The Morgan fingerprint density at radius 1 is 1.03 bits per heavy atom. The van der Waals surface area contributed by atoms with Crippen LogP contribution in [0.15, 0.2) is 54.6 Å². The number of nitrogens with zero attached hydrogens (tertiary/aromatic N) is 2. The van der Waals surface area contributed by atoms with Gasteiger partial charge in [0.1, 0.15) is 0 Å². The molecule has 2 aromatic rings. The summed E-state index contributed by atoms with van der Waals surface area (Å²) in [4.78, 5) is 29.3. The Balaban J connectivity index is 1.53. The van der Waals surface area contributed by atoms with E-state index in [9.17, 15) is 9.59 Å². The van der Waals surface area contributed by atoms with Crippen molar-refractivity contribution in [1.82, 2.24) is 9.80 Å². The lowest BCUT2D eigenvalue weighted by molar-refractivity contribution is -0.136. The largest absolute Gasteiger partial charge is 0.342 e. The summed E-state index contributed by atoms with van der Waals surface area (Å²) < 4.78 is 0. The summed E-state index contributed by atoms with van der Waals surface area (Å²) in [6.45, 7) is 4.21. The van der Waals surface area contributed by atoms with Gasteiger partial charge in [-0.1, -0.05) is 54.6 Å². The number of benzene rings is 2. The van der Waals surface area contributed by atoms with Crippen molar-refractivity contribution in [2.75, 3.05) is 26.2 Å². The van der Waals surface area contributed by atoms with Crippen molar-refractivity contribution in [2.24, 2.45) is 11.7 Å². The number of amides is 2. The molecule has 1 unspecified atom stereocenters. The molecule has 0 radical (unpaired) electrons. The number of hydrogen-bond donors (Lipinski definition) is 1. The van der Waals surface area contributed by atoms with Gasteiger partial charge in [-0.2, -0.15) is 0 Å². The van der Waals surface area contributed by atoms with Gasteiger partial charge >= 0.3 is 0 Å². The van der Waals surface area contributed by atoms with E-state index in [1.165, 1.54) is 11.1 Å². The zero-order chi connectivity index (χ0) is 20.4. The average molecular weight is 392 g/mol. The maximum atomic E-state index is 13.3. The van der Waals surface area contributed by atoms with Gasteiger partial charge in [0.05, 0.1) is 12.5 Å². The summed E-state index contributed by atoms with van der Waals surface area (Å²) in [5.41, 5.74) is 9.63. The van der Waals surface area contributed by atoms with E-state index in [-0.39, 0.29) is 29.7 Å². The molecule has 2 N–H and O–H groups in total. The minimum Gasteiger partial charge on any atom is -0.342 e. The van der Waals surface area contributed by atoms with Crippen LogP contribution in [0.2, 0.25) is 0 Å². The van der Waals surface area contributed by atoms with E-state index in [0.29, 0.717) is 32.6 Å². The first kappa shape index (κ1) is 19.6. The third-order valence-corrected chi connectivity index (χ3v) is 6.51. The number of nitrogens with two attached hydrogens (primary N) is 1. The van der Waals surface area contributed by atoms with Crippen molar-refractivity contribution in [3.05, 3.63) is 71.3 Å². The maximum Gasteiger partial charge on any atom is 0.225 e. The van der Waals surface area contributed by atoms with Crippen LogP contribution in [0, 0.1) is 5.92 Å².